The Kier molecular flexibility index (Phi) is 39.8. The first-order valence-corrected chi connectivity index (χ1v) is 47.2. The zero-order chi connectivity index (χ0) is 109. The van der Waals surface area contributed by atoms with E-state index in [4.69, 9.17) is 11.5 Å². The minimum Gasteiger partial charge on any atom is -0.508 e. The van der Waals surface area contributed by atoms with Crippen molar-refractivity contribution < 1.29 is 159 Å². The SMILES string of the molecule is CC(=O)N[C@@H](CC(C)C)C(=O)N[C@H](C(=O)N[C@@H](Cc1cc(F)c(F)c(F)c1)C(=O)N[C@H]1CNc2c(F)c(F)c(c(F)c2F)S(=O)(=O)c2c(F)c(F)c(c(F)c2F)NC[C@H](C(=O)N[C@@H](CO)C(=O)N[C@@H](C)C(=O)N[C@@H](C)C(N)=O)NC(=O)[C@H](CC2CCC2)NC(=O)[C@H](CCC(N)=O)NC(=O)[C@H](C)NC(=O)[C@H](Cc2c3ccccc3cc3ccccc23)NC(=O)[C@H](Cc2ccc(O)cc2)NC(=O)[C@H](CCC(=O)O)NC1=O)[C@@H](C)O. The molecule has 24 N–H and O–H groups in total. The quantitative estimate of drug-likeness (QED) is 0.0120. The van der Waals surface area contributed by atoms with Crippen LogP contribution in [0.15, 0.2) is 101 Å². The number of aliphatic hydroxyl groups is 2. The van der Waals surface area contributed by atoms with Gasteiger partial charge < -0.3 is 117 Å². The van der Waals surface area contributed by atoms with Gasteiger partial charge in [-0.05, 0) is 134 Å². The Morgan fingerprint density at radius 3 is 1.46 bits per heavy atom. The number of aromatic hydroxyl groups is 1. The van der Waals surface area contributed by atoms with Crippen molar-refractivity contribution in [1.29, 1.82) is 0 Å². The number of carboxylic acid groups (broad SMARTS) is 1. The molecule has 147 heavy (non-hydrogen) atoms. The van der Waals surface area contributed by atoms with Crippen LogP contribution in [-0.2, 0) is 111 Å². The van der Waals surface area contributed by atoms with Gasteiger partial charge in [0.05, 0.1) is 12.7 Å². The molecule has 4 aliphatic rings. The summed E-state index contributed by atoms with van der Waals surface area (Å²) in [5.41, 5.74) is 5.75. The molecule has 1 saturated carbocycles. The summed E-state index contributed by atoms with van der Waals surface area (Å²) in [6.07, 6.45) is -8.03. The molecule has 0 radical (unpaired) electrons. The summed E-state index contributed by atoms with van der Waals surface area (Å²) in [6, 6.07) is -9.57. The first kappa shape index (κ1) is 115. The Hall–Kier alpha value is -15.5. The van der Waals surface area contributed by atoms with Gasteiger partial charge in [0.1, 0.15) is 112 Å². The summed E-state index contributed by atoms with van der Waals surface area (Å²) in [6.45, 7) is 3.29. The predicted molar refractivity (Wildman–Crippen MR) is 496 cm³/mol. The van der Waals surface area contributed by atoms with E-state index in [0.717, 1.165) is 46.8 Å². The van der Waals surface area contributed by atoms with Crippen molar-refractivity contribution in [1.82, 2.24) is 74.4 Å². The minimum absolute atomic E-state index is 0.0272. The van der Waals surface area contributed by atoms with Gasteiger partial charge in [-0.25, -0.2) is 56.7 Å². The predicted octanol–water partition coefficient (Wildman–Crippen LogP) is 0.719. The van der Waals surface area contributed by atoms with E-state index in [0.29, 0.717) is 46.4 Å². The number of aliphatic hydroxyl groups excluding tert-OH is 2. The number of nitrogens with one attached hydrogen (secondary N) is 16. The van der Waals surface area contributed by atoms with Crippen LogP contribution >= 0.6 is 0 Å². The van der Waals surface area contributed by atoms with E-state index < -0.39 is 369 Å². The molecule has 0 spiro atoms. The second kappa shape index (κ2) is 50.9. The van der Waals surface area contributed by atoms with Crippen LogP contribution in [0.25, 0.3) is 21.5 Å². The van der Waals surface area contributed by atoms with E-state index in [9.17, 15) is 90.8 Å². The highest BCUT2D eigenvalue weighted by Crippen LogP contribution is 2.40. The summed E-state index contributed by atoms with van der Waals surface area (Å²) >= 11 is 0. The first-order valence-electron chi connectivity index (χ1n) is 45.7. The number of benzene rings is 7. The number of halogens is 11. The van der Waals surface area contributed by atoms with Crippen molar-refractivity contribution in [3.8, 4) is 5.75 Å². The normalized spacial score (nSPS) is 19.9. The van der Waals surface area contributed by atoms with Crippen LogP contribution in [0.2, 0.25) is 0 Å². The fourth-order valence-electron chi connectivity index (χ4n) is 15.7. The van der Waals surface area contributed by atoms with Crippen LogP contribution in [0.5, 0.6) is 5.75 Å². The second-order valence-corrected chi connectivity index (χ2v) is 37.4. The summed E-state index contributed by atoms with van der Waals surface area (Å²) < 4.78 is 210. The van der Waals surface area contributed by atoms with Gasteiger partial charge >= 0.3 is 5.97 Å². The number of primary amides is 2. The maximum Gasteiger partial charge on any atom is 0.303 e. The Balaban J connectivity index is 1.23. The molecule has 0 unspecified atom stereocenters. The number of hydrogen-bond donors (Lipinski definition) is 22. The largest absolute Gasteiger partial charge is 0.508 e. The van der Waals surface area contributed by atoms with E-state index in [1.54, 1.807) is 79.1 Å². The highest BCUT2D eigenvalue weighted by molar-refractivity contribution is 7.91. The lowest BCUT2D eigenvalue weighted by molar-refractivity contribution is -0.139. The number of carbonyl (C=O) groups excluding carboxylic acids is 16. The molecule has 3 heterocycles. The lowest BCUT2D eigenvalue weighted by Gasteiger charge is -2.32. The average molecular weight is 2100 g/mol. The maximum absolute atomic E-state index is 17.1. The van der Waals surface area contributed by atoms with Crippen LogP contribution in [0.3, 0.4) is 0 Å². The zero-order valence-electron chi connectivity index (χ0n) is 79.3. The Bertz CT molecular complexity index is 6240. The van der Waals surface area contributed by atoms with Crippen molar-refractivity contribution >= 4 is 143 Å². The molecule has 3 aliphatic heterocycles. The number of carbonyl (C=O) groups is 17. The highest BCUT2D eigenvalue weighted by atomic mass is 32.2. The van der Waals surface area contributed by atoms with Gasteiger partial charge in [-0.1, -0.05) is 93.8 Å². The highest BCUT2D eigenvalue weighted by Gasteiger charge is 2.45. The Labute approximate surface area is 829 Å². The molecule has 7 aromatic rings. The third-order valence-electron chi connectivity index (χ3n) is 23.9. The number of sulfone groups is 1. The lowest BCUT2D eigenvalue weighted by Crippen LogP contribution is -2.62. The van der Waals surface area contributed by atoms with Crippen molar-refractivity contribution in [3.05, 3.63) is 172 Å². The molecule has 4 bridgehead atoms. The van der Waals surface area contributed by atoms with Crippen molar-refractivity contribution in [3.63, 3.8) is 0 Å². The molecule has 41 nitrogen and oxygen atoms in total. The van der Waals surface area contributed by atoms with Gasteiger partial charge in [-0.2, -0.15) is 0 Å². The number of hydrogen-bond acceptors (Lipinski definition) is 24. The van der Waals surface area contributed by atoms with Crippen LogP contribution in [0, 0.1) is 75.8 Å². The number of aliphatic carboxylic acids is 1. The molecular weight excluding hydrogens is 1990 g/mol. The average Bonchev–Trinajstić information content (AvgIpc) is 0.730. The Morgan fingerprint density at radius 2 is 0.959 bits per heavy atom. The molecule has 16 amide bonds. The second-order valence-electron chi connectivity index (χ2n) is 35.5. The van der Waals surface area contributed by atoms with Gasteiger partial charge in [0.2, 0.25) is 104 Å². The number of amides is 16. The number of rotatable bonds is 32. The molecule has 53 heteroatoms. The summed E-state index contributed by atoms with van der Waals surface area (Å²) in [7, 11) is -7.23. The maximum atomic E-state index is 17.1. The van der Waals surface area contributed by atoms with Crippen LogP contribution in [-0.4, -0.2) is 240 Å². The molecule has 0 aromatic heterocycles. The third kappa shape index (κ3) is 29.9. The summed E-state index contributed by atoms with van der Waals surface area (Å²) in [5.74, 6) is -56.7. The van der Waals surface area contributed by atoms with Crippen LogP contribution < -0.4 is 96.5 Å². The molecule has 0 saturated heterocycles. The molecule has 1 aliphatic carbocycles. The topological polar surface area (TPSA) is 650 Å². The third-order valence-corrected chi connectivity index (χ3v) is 25.6. The monoisotopic (exact) mass is 2100 g/mol. The minimum atomic E-state index is -7.23. The van der Waals surface area contributed by atoms with Crippen molar-refractivity contribution in [2.24, 2.45) is 23.3 Å². The van der Waals surface area contributed by atoms with E-state index in [-0.39, 0.29) is 35.8 Å². The first-order chi connectivity index (χ1) is 69.1. The lowest BCUT2D eigenvalue weighted by atomic mass is 9.80. The summed E-state index contributed by atoms with van der Waals surface area (Å²) in [5, 5.41) is 78.0. The van der Waals surface area contributed by atoms with Crippen molar-refractivity contribution in [2.45, 2.75) is 226 Å². The number of fused-ring (bicyclic) bond motifs is 4. The van der Waals surface area contributed by atoms with Crippen LogP contribution in [0.1, 0.15) is 123 Å². The number of nitrogens with two attached hydrogens (primary N) is 2. The zero-order valence-corrected chi connectivity index (χ0v) is 80.2. The molecule has 11 rings (SSSR count). The van der Waals surface area contributed by atoms with E-state index in [1.807, 2.05) is 21.3 Å². The number of phenolic OH excluding ortho intramolecular Hbond substituents is 1. The molecule has 7 aromatic carbocycles. The Morgan fingerprint density at radius 1 is 0.483 bits per heavy atom. The fraction of sp³-hybridized carbons (Fsp3) is 0.415. The van der Waals surface area contributed by atoms with Gasteiger partial charge in [0.25, 0.3) is 0 Å². The molecule has 1 fully saturated rings. The molecular formula is C94H107F11N18O23S. The van der Waals surface area contributed by atoms with Gasteiger partial charge in [0, 0.05) is 52.1 Å². The van der Waals surface area contributed by atoms with Crippen molar-refractivity contribution in [2.75, 3.05) is 30.3 Å². The van der Waals surface area contributed by atoms with E-state index >= 15 is 67.9 Å². The smallest absolute Gasteiger partial charge is 0.303 e. The van der Waals surface area contributed by atoms with Gasteiger partial charge in [-0.3, -0.25) is 81.5 Å². The van der Waals surface area contributed by atoms with E-state index in [2.05, 4.69) is 53.2 Å². The summed E-state index contributed by atoms with van der Waals surface area (Å²) in [4.78, 5) is 235. The molecule has 794 valence electrons. The van der Waals surface area contributed by atoms with Crippen LogP contribution in [0.4, 0.5) is 59.7 Å². The van der Waals surface area contributed by atoms with E-state index in [1.165, 1.54) is 12.1 Å². The van der Waals surface area contributed by atoms with Gasteiger partial charge in [-0.15, -0.1) is 0 Å². The number of anilines is 2. The molecule has 15 atom stereocenters. The fourth-order valence-corrected chi connectivity index (χ4v) is 17.2. The standard InChI is InChI=1S/C94H107F11N18O23S/c1-38(2)27-57(113-43(7)126)90(140)123-76(42(6)125)94(144)119-60(32-46-28-53(95)67(97)54(96)29-46)89(139)120-62-35-108-77-68(98)72(102)79(73(103)69(77)99)147(145,146)80-74(104)70(100)78(71(101)75(80)105)109-36-63(92(142)122-64(37-124)93(143)112-40(4)82(132)110-39(3)81(107)131)121-88(138)58(30-44-13-12-14-44)116-84(134)55(23-25-65(106)128)114-83(133)41(5)111-86(136)61(34-52-50-17-10-8-15-47(50)33-48-16-9-11-18-51(48)52)118-87(137)59(31-45-19-21-49(127)22-20-45)117-85(135)56(115-91(62)141)24-26-66(129)130/h8-11,15-22,28-29,33,38-42,44,55-64,76,108-109,124-125,127H,12-14,23-27,30-32,34-37H2,1-7H3,(H2,106,128)(H2,107,131)(H,110,132)(H,111,136)(H,112,143)(H,113,126)(H,114,133)(H,115,141)(H,116,134)(H,117,135)(H,118,137)(H,119,144)(H,120,139)(H,121,138)(H,122,142)(H,123,140)(H,129,130)/t39-,40-,41-,42+,55-,56-,57-,58-,59-,60-,61-,62-,63+,64-,76-/m0/s1. The van der Waals surface area contributed by atoms with Gasteiger partial charge in [0.15, 0.2) is 64.0 Å². The number of carboxylic acids is 1. The number of phenols is 1.